The molecule has 154 valence electrons. The maximum atomic E-state index is 12.9. The second-order valence-corrected chi connectivity index (χ2v) is 6.24. The Labute approximate surface area is 162 Å². The van der Waals surface area contributed by atoms with E-state index in [1.54, 1.807) is 18.7 Å². The SMILES string of the molecule is Cc1c(NC(=O)c2c(NC(=O)c3cc(C(F)(F)F)n(C)n3)cnn2C)cnn1C. The second kappa shape index (κ2) is 7.07. The summed E-state index contributed by atoms with van der Waals surface area (Å²) in [6.07, 6.45) is -1.97. The van der Waals surface area contributed by atoms with Crippen molar-refractivity contribution in [3.8, 4) is 0 Å². The van der Waals surface area contributed by atoms with E-state index < -0.39 is 29.4 Å². The molecule has 29 heavy (non-hydrogen) atoms. The summed E-state index contributed by atoms with van der Waals surface area (Å²) in [6.45, 7) is 1.76. The normalized spacial score (nSPS) is 11.6. The fraction of sp³-hybridized carbons (Fsp3) is 0.312. The lowest BCUT2D eigenvalue weighted by molar-refractivity contribution is -0.143. The molecule has 2 N–H and O–H groups in total. The Hall–Kier alpha value is -3.64. The molecular formula is C16H17F3N8O2. The second-order valence-electron chi connectivity index (χ2n) is 6.24. The number of rotatable bonds is 4. The number of anilines is 2. The van der Waals surface area contributed by atoms with Crippen LogP contribution in [0.2, 0.25) is 0 Å². The highest BCUT2D eigenvalue weighted by atomic mass is 19.4. The van der Waals surface area contributed by atoms with Crippen LogP contribution in [0.4, 0.5) is 24.5 Å². The molecule has 0 aliphatic heterocycles. The third kappa shape index (κ3) is 3.83. The molecule has 3 aromatic heterocycles. The first-order valence-corrected chi connectivity index (χ1v) is 8.23. The molecular weight excluding hydrogens is 393 g/mol. The molecule has 0 atom stereocenters. The van der Waals surface area contributed by atoms with Gasteiger partial charge in [0.25, 0.3) is 11.8 Å². The lowest BCUT2D eigenvalue weighted by Gasteiger charge is -2.08. The van der Waals surface area contributed by atoms with Gasteiger partial charge in [-0.1, -0.05) is 0 Å². The Morgan fingerprint density at radius 3 is 2.07 bits per heavy atom. The summed E-state index contributed by atoms with van der Waals surface area (Å²) in [6, 6.07) is 0.629. The van der Waals surface area contributed by atoms with Crippen molar-refractivity contribution in [2.45, 2.75) is 13.1 Å². The first-order chi connectivity index (χ1) is 13.5. The molecule has 0 bridgehead atoms. The highest BCUT2D eigenvalue weighted by molar-refractivity contribution is 6.11. The van der Waals surface area contributed by atoms with E-state index in [-0.39, 0.29) is 11.4 Å². The van der Waals surface area contributed by atoms with E-state index in [0.717, 1.165) is 7.05 Å². The Balaban J connectivity index is 1.83. The maximum Gasteiger partial charge on any atom is 0.433 e. The molecule has 0 saturated carbocycles. The van der Waals surface area contributed by atoms with Gasteiger partial charge in [-0.15, -0.1) is 0 Å². The largest absolute Gasteiger partial charge is 0.433 e. The quantitative estimate of drug-likeness (QED) is 0.680. The molecule has 13 heteroatoms. The van der Waals surface area contributed by atoms with Crippen LogP contribution in [0.3, 0.4) is 0 Å². The van der Waals surface area contributed by atoms with Crippen molar-refractivity contribution in [1.29, 1.82) is 0 Å². The van der Waals surface area contributed by atoms with Gasteiger partial charge in [-0.25, -0.2) is 0 Å². The van der Waals surface area contributed by atoms with Crippen molar-refractivity contribution in [2.75, 3.05) is 10.6 Å². The van der Waals surface area contributed by atoms with Crippen LogP contribution in [-0.4, -0.2) is 41.2 Å². The van der Waals surface area contributed by atoms with Crippen LogP contribution in [0.5, 0.6) is 0 Å². The lowest BCUT2D eigenvalue weighted by Crippen LogP contribution is -2.20. The minimum absolute atomic E-state index is 0.00794. The molecule has 0 fully saturated rings. The molecule has 2 amide bonds. The summed E-state index contributed by atoms with van der Waals surface area (Å²) in [5, 5.41) is 16.6. The van der Waals surface area contributed by atoms with Crippen molar-refractivity contribution >= 4 is 23.2 Å². The molecule has 0 aromatic carbocycles. The number of alkyl halides is 3. The predicted octanol–water partition coefficient (Wildman–Crippen LogP) is 1.72. The number of halogens is 3. The van der Waals surface area contributed by atoms with E-state index in [2.05, 4.69) is 25.9 Å². The minimum atomic E-state index is -4.65. The van der Waals surface area contributed by atoms with E-state index in [0.29, 0.717) is 22.1 Å². The Kier molecular flexibility index (Phi) is 4.90. The summed E-state index contributed by atoms with van der Waals surface area (Å²) in [7, 11) is 4.28. The van der Waals surface area contributed by atoms with Crippen molar-refractivity contribution in [3.63, 3.8) is 0 Å². The van der Waals surface area contributed by atoms with Crippen molar-refractivity contribution in [3.05, 3.63) is 41.2 Å². The molecule has 3 heterocycles. The van der Waals surface area contributed by atoms with E-state index in [9.17, 15) is 22.8 Å². The van der Waals surface area contributed by atoms with Gasteiger partial charge in [0.1, 0.15) is 11.4 Å². The van der Waals surface area contributed by atoms with Crippen LogP contribution in [0.25, 0.3) is 0 Å². The number of nitrogens with one attached hydrogen (secondary N) is 2. The van der Waals surface area contributed by atoms with E-state index in [1.165, 1.54) is 24.1 Å². The van der Waals surface area contributed by atoms with Gasteiger partial charge in [-0.3, -0.25) is 23.6 Å². The Morgan fingerprint density at radius 1 is 0.931 bits per heavy atom. The summed E-state index contributed by atoms with van der Waals surface area (Å²) in [5.74, 6) is -1.48. The lowest BCUT2D eigenvalue weighted by atomic mass is 10.3. The molecule has 0 spiro atoms. The van der Waals surface area contributed by atoms with E-state index in [4.69, 9.17) is 0 Å². The molecule has 3 aromatic rings. The van der Waals surface area contributed by atoms with Crippen LogP contribution < -0.4 is 10.6 Å². The number of hydrogen-bond donors (Lipinski definition) is 2. The Bertz CT molecular complexity index is 1090. The van der Waals surface area contributed by atoms with Crippen LogP contribution >= 0.6 is 0 Å². The summed E-state index contributed by atoms with van der Waals surface area (Å²) in [5.41, 5.74) is -0.309. The number of nitrogens with zero attached hydrogens (tertiary/aromatic N) is 6. The number of carbonyl (C=O) groups is 2. The zero-order valence-corrected chi connectivity index (χ0v) is 15.9. The molecule has 3 rings (SSSR count). The zero-order chi connectivity index (χ0) is 21.5. The van der Waals surface area contributed by atoms with Crippen LogP contribution in [0, 0.1) is 6.92 Å². The average Bonchev–Trinajstić information content (AvgIpc) is 3.28. The molecule has 0 radical (unpaired) electrons. The van der Waals surface area contributed by atoms with Gasteiger partial charge in [0.05, 0.1) is 29.5 Å². The van der Waals surface area contributed by atoms with E-state index >= 15 is 0 Å². The number of hydrogen-bond acceptors (Lipinski definition) is 5. The number of aryl methyl sites for hydroxylation is 3. The first-order valence-electron chi connectivity index (χ1n) is 8.23. The highest BCUT2D eigenvalue weighted by Gasteiger charge is 2.36. The molecule has 0 aliphatic rings. The van der Waals surface area contributed by atoms with E-state index in [1.807, 2.05) is 0 Å². The zero-order valence-electron chi connectivity index (χ0n) is 15.9. The molecule has 0 unspecified atom stereocenters. The fourth-order valence-electron chi connectivity index (χ4n) is 2.63. The number of amides is 2. The molecule has 0 aliphatic carbocycles. The van der Waals surface area contributed by atoms with Crippen molar-refractivity contribution in [1.82, 2.24) is 29.3 Å². The monoisotopic (exact) mass is 410 g/mol. The molecule has 0 saturated heterocycles. The van der Waals surface area contributed by atoms with Crippen LogP contribution in [0.15, 0.2) is 18.5 Å². The topological polar surface area (TPSA) is 112 Å². The van der Waals surface area contributed by atoms with Crippen LogP contribution in [-0.2, 0) is 27.3 Å². The van der Waals surface area contributed by atoms with Gasteiger partial charge < -0.3 is 10.6 Å². The third-order valence-corrected chi connectivity index (χ3v) is 4.29. The fourth-order valence-corrected chi connectivity index (χ4v) is 2.63. The summed E-state index contributed by atoms with van der Waals surface area (Å²) in [4.78, 5) is 25.0. The predicted molar refractivity (Wildman–Crippen MR) is 95.3 cm³/mol. The molecule has 10 nitrogen and oxygen atoms in total. The van der Waals surface area contributed by atoms with Gasteiger partial charge in [0, 0.05) is 27.2 Å². The minimum Gasteiger partial charge on any atom is -0.318 e. The van der Waals surface area contributed by atoms with Gasteiger partial charge in [-0.05, 0) is 6.92 Å². The maximum absolute atomic E-state index is 12.9. The van der Waals surface area contributed by atoms with Gasteiger partial charge in [0.15, 0.2) is 5.69 Å². The summed E-state index contributed by atoms with van der Waals surface area (Å²) < 4.78 is 42.1. The number of aromatic nitrogens is 6. The van der Waals surface area contributed by atoms with Gasteiger partial charge in [-0.2, -0.15) is 28.5 Å². The highest BCUT2D eigenvalue weighted by Crippen LogP contribution is 2.29. The van der Waals surface area contributed by atoms with Crippen molar-refractivity contribution < 1.29 is 22.8 Å². The standard InChI is InChI=1S/C16H17F3N8O2/c1-8-10(6-20-25(8)2)22-15(29)13-11(7-21-27(13)4)23-14(28)9-5-12(16(17,18)19)26(3)24-9/h5-7H,1-4H3,(H,22,29)(H,23,28). The Morgan fingerprint density at radius 2 is 1.52 bits per heavy atom. The van der Waals surface area contributed by atoms with Crippen LogP contribution in [0.1, 0.15) is 32.4 Å². The third-order valence-electron chi connectivity index (χ3n) is 4.29. The number of carbonyl (C=O) groups excluding carboxylic acids is 2. The van der Waals surface area contributed by atoms with Gasteiger partial charge >= 0.3 is 6.18 Å². The summed E-state index contributed by atoms with van der Waals surface area (Å²) >= 11 is 0. The first kappa shape index (κ1) is 20.1. The van der Waals surface area contributed by atoms with Gasteiger partial charge in [0.2, 0.25) is 0 Å². The van der Waals surface area contributed by atoms with Crippen molar-refractivity contribution in [2.24, 2.45) is 21.1 Å². The smallest absolute Gasteiger partial charge is 0.318 e. The average molecular weight is 410 g/mol.